The first-order chi connectivity index (χ1) is 20.9. The van der Waals surface area contributed by atoms with Crippen molar-refractivity contribution in [1.82, 2.24) is 0 Å². The molecule has 44 heavy (non-hydrogen) atoms. The minimum absolute atomic E-state index is 0.350. The van der Waals surface area contributed by atoms with Crippen LogP contribution in [0.25, 0.3) is 44.5 Å². The van der Waals surface area contributed by atoms with E-state index in [2.05, 4.69) is 83.9 Å². The first-order valence-corrected chi connectivity index (χ1v) is 19.4. The van der Waals surface area contributed by atoms with E-state index in [0.29, 0.717) is 9.79 Å². The molecule has 0 aliphatic rings. The van der Waals surface area contributed by atoms with E-state index >= 15 is 0 Å². The standard InChI is InChI=1S/2C18H16O2S2/c2*1-13-3-5-14(6-4-13)17-11-21-12-18(17)15-7-9-16(10-8-15)22(2,19)20/h2*3-12H,1-2H3. The van der Waals surface area contributed by atoms with Crippen molar-refractivity contribution in [3.63, 3.8) is 0 Å². The molecule has 0 fully saturated rings. The molecule has 2 aromatic heterocycles. The second kappa shape index (κ2) is 13.0. The van der Waals surface area contributed by atoms with Crippen LogP contribution in [0, 0.1) is 13.8 Å². The molecule has 0 saturated heterocycles. The summed E-state index contributed by atoms with van der Waals surface area (Å²) in [7, 11) is -6.31. The first-order valence-electron chi connectivity index (χ1n) is 13.8. The largest absolute Gasteiger partial charge is 0.224 e. The quantitative estimate of drug-likeness (QED) is 0.179. The van der Waals surface area contributed by atoms with Crippen molar-refractivity contribution in [2.24, 2.45) is 0 Å². The van der Waals surface area contributed by atoms with E-state index < -0.39 is 19.7 Å². The number of sulfone groups is 2. The van der Waals surface area contributed by atoms with Crippen molar-refractivity contribution in [1.29, 1.82) is 0 Å². The Morgan fingerprint density at radius 3 is 0.841 bits per heavy atom. The van der Waals surface area contributed by atoms with Crippen LogP contribution >= 0.6 is 22.7 Å². The Morgan fingerprint density at radius 1 is 0.386 bits per heavy atom. The third kappa shape index (κ3) is 7.45. The van der Waals surface area contributed by atoms with Gasteiger partial charge in [-0.1, -0.05) is 83.9 Å². The molecule has 0 aliphatic carbocycles. The van der Waals surface area contributed by atoms with Crippen LogP contribution in [0.15, 0.2) is 128 Å². The molecule has 0 atom stereocenters. The number of thiophene rings is 2. The Balaban J connectivity index is 0.000000175. The first kappa shape index (κ1) is 31.6. The molecule has 0 radical (unpaired) electrons. The van der Waals surface area contributed by atoms with Gasteiger partial charge in [-0.15, -0.1) is 0 Å². The van der Waals surface area contributed by atoms with Crippen LogP contribution in [0.2, 0.25) is 0 Å². The fourth-order valence-electron chi connectivity index (χ4n) is 4.72. The number of hydrogen-bond donors (Lipinski definition) is 0. The lowest BCUT2D eigenvalue weighted by Gasteiger charge is -2.06. The highest BCUT2D eigenvalue weighted by Crippen LogP contribution is 2.37. The Morgan fingerprint density at radius 2 is 0.614 bits per heavy atom. The molecule has 8 heteroatoms. The van der Waals surface area contributed by atoms with Gasteiger partial charge >= 0.3 is 0 Å². The lowest BCUT2D eigenvalue weighted by atomic mass is 9.98. The summed E-state index contributed by atoms with van der Waals surface area (Å²) >= 11 is 3.30. The number of hydrogen-bond acceptors (Lipinski definition) is 6. The molecule has 0 bridgehead atoms. The van der Waals surface area contributed by atoms with Crippen LogP contribution in [-0.4, -0.2) is 29.3 Å². The van der Waals surface area contributed by atoms with E-state index in [4.69, 9.17) is 0 Å². The van der Waals surface area contributed by atoms with Crippen LogP contribution in [0.3, 0.4) is 0 Å². The van der Waals surface area contributed by atoms with Gasteiger partial charge in [0.25, 0.3) is 0 Å². The molecule has 4 aromatic carbocycles. The van der Waals surface area contributed by atoms with Crippen molar-refractivity contribution < 1.29 is 16.8 Å². The summed E-state index contributed by atoms with van der Waals surface area (Å²) in [6.45, 7) is 4.14. The average molecular weight is 657 g/mol. The maximum atomic E-state index is 11.6. The van der Waals surface area contributed by atoms with Crippen LogP contribution in [0.1, 0.15) is 11.1 Å². The third-order valence-corrected chi connectivity index (χ3v) is 11.0. The summed E-state index contributed by atoms with van der Waals surface area (Å²) in [5.41, 5.74) is 11.5. The SMILES string of the molecule is Cc1ccc(-c2cscc2-c2ccc(S(C)(=O)=O)cc2)cc1.Cc1ccc(-c2cscc2-c2ccc(S(C)(=O)=O)cc2)cc1. The van der Waals surface area contributed by atoms with E-state index in [0.717, 1.165) is 22.3 Å². The van der Waals surface area contributed by atoms with E-state index in [9.17, 15) is 16.8 Å². The van der Waals surface area contributed by atoms with Gasteiger partial charge in [0.1, 0.15) is 0 Å². The van der Waals surface area contributed by atoms with E-state index in [1.807, 2.05) is 24.3 Å². The smallest absolute Gasteiger partial charge is 0.175 e. The molecule has 0 unspecified atom stereocenters. The van der Waals surface area contributed by atoms with Gasteiger partial charge in [0.05, 0.1) is 9.79 Å². The molecule has 0 aliphatic heterocycles. The predicted octanol–water partition coefficient (Wildman–Crippen LogP) is 9.59. The Hall–Kier alpha value is -3.82. The summed E-state index contributed by atoms with van der Waals surface area (Å²) in [5.74, 6) is 0. The highest BCUT2D eigenvalue weighted by atomic mass is 32.2. The van der Waals surface area contributed by atoms with Crippen molar-refractivity contribution >= 4 is 42.3 Å². The average Bonchev–Trinajstić information content (AvgIpc) is 3.68. The number of rotatable bonds is 6. The monoisotopic (exact) mass is 656 g/mol. The molecule has 224 valence electrons. The van der Waals surface area contributed by atoms with Gasteiger partial charge in [0.2, 0.25) is 0 Å². The summed E-state index contributed by atoms with van der Waals surface area (Å²) in [6, 6.07) is 31.0. The lowest BCUT2D eigenvalue weighted by Crippen LogP contribution is -1.96. The highest BCUT2D eigenvalue weighted by molar-refractivity contribution is 7.91. The normalized spacial score (nSPS) is 11.5. The summed E-state index contributed by atoms with van der Waals surface area (Å²) in [6.07, 6.45) is 2.45. The van der Waals surface area contributed by atoms with Gasteiger partial charge in [-0.3, -0.25) is 0 Å². The van der Waals surface area contributed by atoms with Crippen molar-refractivity contribution in [3.8, 4) is 44.5 Å². The van der Waals surface area contributed by atoms with Gasteiger partial charge in [-0.05, 0) is 81.9 Å². The molecule has 6 rings (SSSR count). The van der Waals surface area contributed by atoms with Crippen LogP contribution in [0.4, 0.5) is 0 Å². The molecule has 0 saturated carbocycles. The minimum atomic E-state index is -3.15. The molecule has 6 aromatic rings. The number of aryl methyl sites for hydroxylation is 2. The van der Waals surface area contributed by atoms with Crippen molar-refractivity contribution in [2.45, 2.75) is 23.6 Å². The van der Waals surface area contributed by atoms with E-state index in [1.54, 1.807) is 46.9 Å². The highest BCUT2D eigenvalue weighted by Gasteiger charge is 2.12. The maximum Gasteiger partial charge on any atom is 0.175 e. The Bertz CT molecular complexity index is 1930. The van der Waals surface area contributed by atoms with Crippen LogP contribution < -0.4 is 0 Å². The van der Waals surface area contributed by atoms with E-state index in [-0.39, 0.29) is 0 Å². The van der Waals surface area contributed by atoms with Gasteiger partial charge in [0.15, 0.2) is 19.7 Å². The summed E-state index contributed by atoms with van der Waals surface area (Å²) in [4.78, 5) is 0.701. The fourth-order valence-corrected chi connectivity index (χ4v) is 7.71. The summed E-state index contributed by atoms with van der Waals surface area (Å²) in [5, 5.41) is 8.46. The van der Waals surface area contributed by atoms with Crippen molar-refractivity contribution in [3.05, 3.63) is 130 Å². The topological polar surface area (TPSA) is 68.3 Å². The zero-order chi connectivity index (χ0) is 31.5. The van der Waals surface area contributed by atoms with Crippen LogP contribution in [0.5, 0.6) is 0 Å². The Labute approximate surface area is 268 Å². The zero-order valence-corrected chi connectivity index (χ0v) is 28.1. The third-order valence-electron chi connectivity index (χ3n) is 7.24. The van der Waals surface area contributed by atoms with Gasteiger partial charge in [0, 0.05) is 34.8 Å². The second-order valence-corrected chi connectivity index (χ2v) is 16.2. The van der Waals surface area contributed by atoms with Gasteiger partial charge in [-0.2, -0.15) is 22.7 Å². The Kier molecular flexibility index (Phi) is 9.37. The molecular formula is C36H32O4S4. The molecule has 0 spiro atoms. The zero-order valence-electron chi connectivity index (χ0n) is 24.8. The molecule has 0 N–H and O–H groups in total. The van der Waals surface area contributed by atoms with E-state index in [1.165, 1.54) is 45.9 Å². The number of benzene rings is 4. The fraction of sp³-hybridized carbons (Fsp3) is 0.111. The maximum absolute atomic E-state index is 11.6. The van der Waals surface area contributed by atoms with Gasteiger partial charge < -0.3 is 0 Å². The van der Waals surface area contributed by atoms with Gasteiger partial charge in [-0.25, -0.2) is 16.8 Å². The minimum Gasteiger partial charge on any atom is -0.224 e. The molecule has 0 amide bonds. The van der Waals surface area contributed by atoms with Crippen LogP contribution in [-0.2, 0) is 19.7 Å². The second-order valence-electron chi connectivity index (χ2n) is 10.7. The molecule has 4 nitrogen and oxygen atoms in total. The predicted molar refractivity (Wildman–Crippen MR) is 186 cm³/mol. The molecular weight excluding hydrogens is 625 g/mol. The lowest BCUT2D eigenvalue weighted by molar-refractivity contribution is 0.600. The molecule has 2 heterocycles. The van der Waals surface area contributed by atoms with Crippen molar-refractivity contribution in [2.75, 3.05) is 12.5 Å². The summed E-state index contributed by atoms with van der Waals surface area (Å²) < 4.78 is 46.2.